The zero-order valence-corrected chi connectivity index (χ0v) is 16.2. The van der Waals surface area contributed by atoms with Crippen molar-refractivity contribution >= 4 is 34.4 Å². The van der Waals surface area contributed by atoms with Crippen molar-refractivity contribution in [1.29, 1.82) is 0 Å². The first-order valence-electron chi connectivity index (χ1n) is 9.11. The van der Waals surface area contributed by atoms with E-state index in [-0.39, 0.29) is 11.5 Å². The topological polar surface area (TPSA) is 102 Å². The van der Waals surface area contributed by atoms with E-state index in [1.807, 2.05) is 0 Å². The lowest BCUT2D eigenvalue weighted by Crippen LogP contribution is -2.19. The average Bonchev–Trinajstić information content (AvgIpc) is 3.14. The maximum Gasteiger partial charge on any atom is 0.416 e. The van der Waals surface area contributed by atoms with Crippen molar-refractivity contribution in [2.75, 3.05) is 16.4 Å². The van der Waals surface area contributed by atoms with Gasteiger partial charge in [-0.15, -0.1) is 0 Å². The summed E-state index contributed by atoms with van der Waals surface area (Å²) in [6, 6.07) is 10.2. The highest BCUT2D eigenvalue weighted by Crippen LogP contribution is 2.38. The normalized spacial score (nSPS) is 11.2. The molecule has 2 aromatic heterocycles. The Morgan fingerprint density at radius 3 is 2.50 bits per heavy atom. The first-order valence-corrected chi connectivity index (χ1v) is 9.11. The summed E-state index contributed by atoms with van der Waals surface area (Å²) in [6.45, 7) is 7.42. The van der Waals surface area contributed by atoms with Crippen LogP contribution in [0.1, 0.15) is 5.56 Å². The zero-order valence-electron chi connectivity index (χ0n) is 16.2. The molecule has 0 radical (unpaired) electrons. The maximum absolute atomic E-state index is 12.8. The minimum Gasteiger partial charge on any atom is -0.382 e. The molecular formula is C21H14F3N7O. The number of amides is 2. The van der Waals surface area contributed by atoms with Gasteiger partial charge < -0.3 is 16.4 Å². The fourth-order valence-electron chi connectivity index (χ4n) is 3.18. The van der Waals surface area contributed by atoms with Gasteiger partial charge in [-0.3, -0.25) is 0 Å². The quantitative estimate of drug-likeness (QED) is 0.384. The second-order valence-corrected chi connectivity index (χ2v) is 6.67. The van der Waals surface area contributed by atoms with Gasteiger partial charge in [-0.05, 0) is 35.9 Å². The average molecular weight is 437 g/mol. The third-order valence-electron chi connectivity index (χ3n) is 4.58. The van der Waals surface area contributed by atoms with Crippen molar-refractivity contribution in [3.05, 3.63) is 78.0 Å². The maximum atomic E-state index is 12.8. The number of nitrogen functional groups attached to an aromatic ring is 1. The van der Waals surface area contributed by atoms with Crippen LogP contribution in [0.2, 0.25) is 0 Å². The van der Waals surface area contributed by atoms with Gasteiger partial charge in [0.1, 0.15) is 11.8 Å². The van der Waals surface area contributed by atoms with Crippen LogP contribution >= 0.6 is 0 Å². The molecule has 0 saturated heterocycles. The number of carbonyl (C=O) groups is 1. The highest BCUT2D eigenvalue weighted by molar-refractivity contribution is 6.00. The minimum atomic E-state index is -4.51. The molecule has 2 heterocycles. The molecule has 2 aromatic carbocycles. The minimum absolute atomic E-state index is 0.00593. The lowest BCUT2D eigenvalue weighted by Gasteiger charge is -2.11. The Balaban J connectivity index is 1.54. The molecule has 8 nitrogen and oxygen atoms in total. The SMILES string of the molecule is [C-]#[N+]c1cn2ncnc(N)c2c1-c1ccc(NC(=O)Nc2cccc(C(F)(F)F)c2)cc1. The van der Waals surface area contributed by atoms with E-state index in [2.05, 4.69) is 25.6 Å². The van der Waals surface area contributed by atoms with E-state index in [0.29, 0.717) is 28.0 Å². The van der Waals surface area contributed by atoms with Gasteiger partial charge in [-0.2, -0.15) is 18.3 Å². The van der Waals surface area contributed by atoms with E-state index in [4.69, 9.17) is 12.3 Å². The van der Waals surface area contributed by atoms with E-state index in [1.165, 1.54) is 23.0 Å². The van der Waals surface area contributed by atoms with Gasteiger partial charge in [0, 0.05) is 23.1 Å². The summed E-state index contributed by atoms with van der Waals surface area (Å²) in [5.41, 5.74) is 7.53. The molecule has 0 atom stereocenters. The molecule has 4 aromatic rings. The largest absolute Gasteiger partial charge is 0.416 e. The van der Waals surface area contributed by atoms with Crippen LogP contribution in [0.5, 0.6) is 0 Å². The van der Waals surface area contributed by atoms with Crippen LogP contribution in [0, 0.1) is 6.57 Å². The first kappa shape index (κ1) is 20.7. The number of fused-ring (bicyclic) bond motifs is 1. The summed E-state index contributed by atoms with van der Waals surface area (Å²) in [5.74, 6) is 0.215. The predicted octanol–water partition coefficient (Wildman–Crippen LogP) is 5.19. The Morgan fingerprint density at radius 2 is 1.81 bits per heavy atom. The zero-order chi connectivity index (χ0) is 22.9. The lowest BCUT2D eigenvalue weighted by molar-refractivity contribution is -0.137. The van der Waals surface area contributed by atoms with Crippen molar-refractivity contribution < 1.29 is 18.0 Å². The molecular weight excluding hydrogens is 423 g/mol. The number of alkyl halides is 3. The monoisotopic (exact) mass is 437 g/mol. The number of nitrogens with zero attached hydrogens (tertiary/aromatic N) is 4. The van der Waals surface area contributed by atoms with Crippen LogP contribution in [0.4, 0.5) is 40.8 Å². The summed E-state index contributed by atoms with van der Waals surface area (Å²) in [7, 11) is 0. The number of halogens is 3. The molecule has 11 heteroatoms. The van der Waals surface area contributed by atoms with Gasteiger partial charge >= 0.3 is 12.2 Å². The third kappa shape index (κ3) is 4.01. The highest BCUT2D eigenvalue weighted by Gasteiger charge is 2.30. The molecule has 0 aliphatic rings. The number of carbonyl (C=O) groups excluding carboxylic acids is 1. The molecule has 0 bridgehead atoms. The summed E-state index contributed by atoms with van der Waals surface area (Å²) in [4.78, 5) is 19.7. The standard InChI is InChI=1S/C21H14F3N7O/c1-26-16-10-31-18(19(25)27-11-28-31)17(16)12-5-7-14(8-6-12)29-20(32)30-15-4-2-3-13(9-15)21(22,23)24/h2-11H,(H2,25,27,28)(H2,29,30,32). The van der Waals surface area contributed by atoms with Crippen LogP contribution in [-0.4, -0.2) is 20.6 Å². The molecule has 0 spiro atoms. The number of nitrogens with two attached hydrogens (primary N) is 1. The fourth-order valence-corrected chi connectivity index (χ4v) is 3.18. The van der Waals surface area contributed by atoms with Gasteiger partial charge in [-0.25, -0.2) is 19.1 Å². The molecule has 0 fully saturated rings. The first-order chi connectivity index (χ1) is 15.3. The third-order valence-corrected chi connectivity index (χ3v) is 4.58. The summed E-state index contributed by atoms with van der Waals surface area (Å²) in [5, 5.41) is 8.98. The number of anilines is 3. The van der Waals surface area contributed by atoms with E-state index >= 15 is 0 Å². The number of hydrogen-bond acceptors (Lipinski definition) is 4. The molecule has 4 rings (SSSR count). The van der Waals surface area contributed by atoms with Crippen molar-refractivity contribution in [2.45, 2.75) is 6.18 Å². The van der Waals surface area contributed by atoms with E-state index in [0.717, 1.165) is 12.1 Å². The van der Waals surface area contributed by atoms with Crippen molar-refractivity contribution in [2.24, 2.45) is 0 Å². The molecule has 0 unspecified atom stereocenters. The molecule has 0 saturated carbocycles. The smallest absolute Gasteiger partial charge is 0.382 e. The number of benzene rings is 2. The van der Waals surface area contributed by atoms with Crippen molar-refractivity contribution in [3.63, 3.8) is 0 Å². The van der Waals surface area contributed by atoms with E-state index in [9.17, 15) is 18.0 Å². The van der Waals surface area contributed by atoms with Gasteiger partial charge in [0.25, 0.3) is 0 Å². The van der Waals surface area contributed by atoms with Crippen LogP contribution < -0.4 is 16.4 Å². The summed E-state index contributed by atoms with van der Waals surface area (Å²) < 4.78 is 39.9. The Kier molecular flexibility index (Phi) is 5.11. The fraction of sp³-hybridized carbons (Fsp3) is 0.0476. The summed E-state index contributed by atoms with van der Waals surface area (Å²) >= 11 is 0. The molecule has 0 aliphatic carbocycles. The van der Waals surface area contributed by atoms with Gasteiger partial charge in [0.05, 0.1) is 12.1 Å². The number of hydrogen-bond donors (Lipinski definition) is 3. The number of rotatable bonds is 3. The second kappa shape index (κ2) is 7.92. The Bertz CT molecular complexity index is 1350. The van der Waals surface area contributed by atoms with Crippen LogP contribution in [-0.2, 0) is 6.18 Å². The Labute approximate surface area is 179 Å². The van der Waals surface area contributed by atoms with Crippen molar-refractivity contribution in [1.82, 2.24) is 14.6 Å². The van der Waals surface area contributed by atoms with Gasteiger partial charge in [-0.1, -0.05) is 18.2 Å². The van der Waals surface area contributed by atoms with E-state index in [1.54, 1.807) is 30.5 Å². The summed E-state index contributed by atoms with van der Waals surface area (Å²) in [6.07, 6.45) is -1.67. The van der Waals surface area contributed by atoms with Gasteiger partial charge in [0.15, 0.2) is 5.82 Å². The number of urea groups is 1. The lowest BCUT2D eigenvalue weighted by atomic mass is 10.1. The Morgan fingerprint density at radius 1 is 1.09 bits per heavy atom. The van der Waals surface area contributed by atoms with Crippen molar-refractivity contribution in [3.8, 4) is 11.1 Å². The number of nitrogens with one attached hydrogen (secondary N) is 2. The molecule has 160 valence electrons. The van der Waals surface area contributed by atoms with E-state index < -0.39 is 17.8 Å². The Hall–Kier alpha value is -4.59. The molecule has 0 aliphatic heterocycles. The molecule has 4 N–H and O–H groups in total. The predicted molar refractivity (Wildman–Crippen MR) is 113 cm³/mol. The van der Waals surface area contributed by atoms with Crippen LogP contribution in [0.3, 0.4) is 0 Å². The highest BCUT2D eigenvalue weighted by atomic mass is 19.4. The number of aromatic nitrogens is 3. The molecule has 2 amide bonds. The van der Waals surface area contributed by atoms with Gasteiger partial charge in [0.2, 0.25) is 5.69 Å². The van der Waals surface area contributed by atoms with Crippen LogP contribution in [0.25, 0.3) is 21.5 Å². The second-order valence-electron chi connectivity index (χ2n) is 6.67. The molecule has 32 heavy (non-hydrogen) atoms. The van der Waals surface area contributed by atoms with Crippen LogP contribution in [0.15, 0.2) is 61.1 Å².